The van der Waals surface area contributed by atoms with Crippen molar-refractivity contribution in [1.29, 1.82) is 0 Å². The monoisotopic (exact) mass is 322 g/mol. The summed E-state index contributed by atoms with van der Waals surface area (Å²) in [4.78, 5) is 14.7. The maximum Gasteiger partial charge on any atom is 0.226 e. The number of nitrogen functional groups attached to an aromatic ring is 1. The Labute approximate surface area is 144 Å². The van der Waals surface area contributed by atoms with Crippen LogP contribution in [0.15, 0.2) is 54.6 Å². The van der Waals surface area contributed by atoms with Crippen molar-refractivity contribution in [2.75, 3.05) is 18.8 Å². The number of carbonyl (C=O) groups excluding carboxylic acids is 1. The molecule has 0 bridgehead atoms. The molecule has 1 aliphatic rings. The van der Waals surface area contributed by atoms with E-state index >= 15 is 0 Å². The first-order chi connectivity index (χ1) is 11.7. The van der Waals surface area contributed by atoms with Crippen molar-refractivity contribution < 1.29 is 4.79 Å². The van der Waals surface area contributed by atoms with E-state index in [1.54, 1.807) is 0 Å². The van der Waals surface area contributed by atoms with Gasteiger partial charge in [-0.2, -0.15) is 0 Å². The molecule has 126 valence electrons. The van der Waals surface area contributed by atoms with Gasteiger partial charge in [0.25, 0.3) is 0 Å². The average Bonchev–Trinajstić information content (AvgIpc) is 2.63. The second-order valence-electron chi connectivity index (χ2n) is 6.73. The second-order valence-corrected chi connectivity index (χ2v) is 6.73. The molecule has 24 heavy (non-hydrogen) atoms. The summed E-state index contributed by atoms with van der Waals surface area (Å²) in [5, 5.41) is 0. The minimum Gasteiger partial charge on any atom is -0.399 e. The lowest BCUT2D eigenvalue weighted by Gasteiger charge is -2.38. The van der Waals surface area contributed by atoms with Crippen molar-refractivity contribution >= 4 is 11.6 Å². The van der Waals surface area contributed by atoms with Crippen molar-refractivity contribution in [2.45, 2.75) is 32.1 Å². The molecule has 3 nitrogen and oxygen atoms in total. The van der Waals surface area contributed by atoms with Gasteiger partial charge in [-0.3, -0.25) is 4.79 Å². The van der Waals surface area contributed by atoms with Gasteiger partial charge in [0.1, 0.15) is 0 Å². The predicted octanol–water partition coefficient (Wildman–Crippen LogP) is 3.85. The number of carbonyl (C=O) groups is 1. The molecule has 1 saturated heterocycles. The van der Waals surface area contributed by atoms with E-state index in [2.05, 4.69) is 37.3 Å². The molecule has 1 amide bonds. The van der Waals surface area contributed by atoms with Gasteiger partial charge >= 0.3 is 0 Å². The molecule has 2 unspecified atom stereocenters. The van der Waals surface area contributed by atoms with E-state index in [4.69, 9.17) is 5.73 Å². The summed E-state index contributed by atoms with van der Waals surface area (Å²) in [5.41, 5.74) is 8.90. The molecule has 3 rings (SSSR count). The summed E-state index contributed by atoms with van der Waals surface area (Å²) in [5.74, 6) is 1.33. The Morgan fingerprint density at radius 1 is 1.12 bits per heavy atom. The number of piperidine rings is 1. The molecule has 1 fully saturated rings. The first-order valence-electron chi connectivity index (χ1n) is 8.84. The molecule has 2 aromatic carbocycles. The van der Waals surface area contributed by atoms with Gasteiger partial charge in [0.15, 0.2) is 0 Å². The van der Waals surface area contributed by atoms with E-state index in [1.807, 2.05) is 29.2 Å². The third-order valence-corrected chi connectivity index (χ3v) is 5.17. The van der Waals surface area contributed by atoms with Crippen LogP contribution >= 0.6 is 0 Å². The minimum atomic E-state index is 0.227. The molecule has 0 aliphatic carbocycles. The van der Waals surface area contributed by atoms with Crippen LogP contribution < -0.4 is 5.73 Å². The number of rotatable bonds is 4. The predicted molar refractivity (Wildman–Crippen MR) is 98.7 cm³/mol. The fourth-order valence-corrected chi connectivity index (χ4v) is 3.73. The number of amides is 1. The molecule has 3 heteroatoms. The standard InChI is InChI=1S/C21H26N2O/c1-2-17-15-23(13-12-20(17)18-6-4-3-5-7-18)21(24)14-16-8-10-19(22)11-9-16/h3-11,17,20H,2,12-15,22H2,1H3. The lowest BCUT2D eigenvalue weighted by molar-refractivity contribution is -0.132. The van der Waals surface area contributed by atoms with E-state index in [0.717, 1.165) is 37.2 Å². The van der Waals surface area contributed by atoms with Gasteiger partial charge in [-0.1, -0.05) is 55.8 Å². The highest BCUT2D eigenvalue weighted by Crippen LogP contribution is 2.35. The fourth-order valence-electron chi connectivity index (χ4n) is 3.73. The molecule has 0 radical (unpaired) electrons. The Morgan fingerprint density at radius 3 is 2.50 bits per heavy atom. The number of hydrogen-bond donors (Lipinski definition) is 1. The number of benzene rings is 2. The molecule has 2 aromatic rings. The number of nitrogens with two attached hydrogens (primary N) is 1. The van der Waals surface area contributed by atoms with Crippen molar-refractivity contribution in [3.63, 3.8) is 0 Å². The second kappa shape index (κ2) is 7.52. The van der Waals surface area contributed by atoms with Crippen LogP contribution in [-0.4, -0.2) is 23.9 Å². The third-order valence-electron chi connectivity index (χ3n) is 5.17. The molecule has 0 spiro atoms. The Bertz CT molecular complexity index is 666. The Balaban J connectivity index is 1.64. The largest absolute Gasteiger partial charge is 0.399 e. The first-order valence-corrected chi connectivity index (χ1v) is 8.84. The SMILES string of the molecule is CCC1CN(C(=O)Cc2ccc(N)cc2)CCC1c1ccccc1. The van der Waals surface area contributed by atoms with Gasteiger partial charge < -0.3 is 10.6 Å². The lowest BCUT2D eigenvalue weighted by Crippen LogP contribution is -2.43. The van der Waals surface area contributed by atoms with Gasteiger partial charge in [-0.15, -0.1) is 0 Å². The topological polar surface area (TPSA) is 46.3 Å². The maximum atomic E-state index is 12.7. The quantitative estimate of drug-likeness (QED) is 0.869. The fraction of sp³-hybridized carbons (Fsp3) is 0.381. The normalized spacial score (nSPS) is 20.8. The van der Waals surface area contributed by atoms with Crippen LogP contribution in [0.3, 0.4) is 0 Å². The van der Waals surface area contributed by atoms with Crippen LogP contribution in [0.1, 0.15) is 36.8 Å². The molecule has 0 aromatic heterocycles. The van der Waals surface area contributed by atoms with E-state index in [-0.39, 0.29) is 5.91 Å². The van der Waals surface area contributed by atoms with Crippen molar-refractivity contribution in [2.24, 2.45) is 5.92 Å². The average molecular weight is 322 g/mol. The van der Waals surface area contributed by atoms with Gasteiger partial charge in [-0.05, 0) is 41.5 Å². The van der Waals surface area contributed by atoms with Crippen molar-refractivity contribution in [1.82, 2.24) is 4.90 Å². The van der Waals surface area contributed by atoms with Crippen molar-refractivity contribution in [3.05, 3.63) is 65.7 Å². The highest BCUT2D eigenvalue weighted by Gasteiger charge is 2.31. The number of nitrogens with zero attached hydrogens (tertiary/aromatic N) is 1. The highest BCUT2D eigenvalue weighted by molar-refractivity contribution is 5.79. The molecule has 1 aliphatic heterocycles. The molecule has 0 saturated carbocycles. The van der Waals surface area contributed by atoms with Gasteiger partial charge in [0.2, 0.25) is 5.91 Å². The Kier molecular flexibility index (Phi) is 5.19. The van der Waals surface area contributed by atoms with Gasteiger partial charge in [0, 0.05) is 18.8 Å². The van der Waals surface area contributed by atoms with E-state index in [1.165, 1.54) is 5.56 Å². The van der Waals surface area contributed by atoms with Crippen LogP contribution in [0.4, 0.5) is 5.69 Å². The number of likely N-dealkylation sites (tertiary alicyclic amines) is 1. The lowest BCUT2D eigenvalue weighted by atomic mass is 9.79. The van der Waals surface area contributed by atoms with E-state index in [0.29, 0.717) is 18.3 Å². The summed E-state index contributed by atoms with van der Waals surface area (Å²) in [6.45, 7) is 3.95. The smallest absolute Gasteiger partial charge is 0.226 e. The van der Waals surface area contributed by atoms with Gasteiger partial charge in [0.05, 0.1) is 6.42 Å². The molecule has 2 atom stereocenters. The van der Waals surface area contributed by atoms with Crippen LogP contribution in [0, 0.1) is 5.92 Å². The summed E-state index contributed by atoms with van der Waals surface area (Å²) in [6, 6.07) is 18.3. The zero-order valence-electron chi connectivity index (χ0n) is 14.3. The number of hydrogen-bond acceptors (Lipinski definition) is 2. The molecule has 1 heterocycles. The first kappa shape index (κ1) is 16.6. The van der Waals surface area contributed by atoms with Gasteiger partial charge in [-0.25, -0.2) is 0 Å². The molecular weight excluding hydrogens is 296 g/mol. The van der Waals surface area contributed by atoms with Crippen LogP contribution in [0.5, 0.6) is 0 Å². The molecular formula is C21H26N2O. The Hall–Kier alpha value is -2.29. The Morgan fingerprint density at radius 2 is 1.83 bits per heavy atom. The van der Waals surface area contributed by atoms with Crippen LogP contribution in [0.2, 0.25) is 0 Å². The maximum absolute atomic E-state index is 12.7. The summed E-state index contributed by atoms with van der Waals surface area (Å²) < 4.78 is 0. The molecule has 2 N–H and O–H groups in total. The number of anilines is 1. The zero-order chi connectivity index (χ0) is 16.9. The zero-order valence-corrected chi connectivity index (χ0v) is 14.3. The van der Waals surface area contributed by atoms with Crippen LogP contribution in [0.25, 0.3) is 0 Å². The summed E-state index contributed by atoms with van der Waals surface area (Å²) in [6.07, 6.45) is 2.62. The van der Waals surface area contributed by atoms with E-state index in [9.17, 15) is 4.79 Å². The van der Waals surface area contributed by atoms with E-state index < -0.39 is 0 Å². The summed E-state index contributed by atoms with van der Waals surface area (Å²) in [7, 11) is 0. The highest BCUT2D eigenvalue weighted by atomic mass is 16.2. The van der Waals surface area contributed by atoms with Crippen LogP contribution in [-0.2, 0) is 11.2 Å². The van der Waals surface area contributed by atoms with Crippen molar-refractivity contribution in [3.8, 4) is 0 Å². The third kappa shape index (κ3) is 3.78. The minimum absolute atomic E-state index is 0.227. The summed E-state index contributed by atoms with van der Waals surface area (Å²) >= 11 is 0.